The first-order valence-corrected chi connectivity index (χ1v) is 4.48. The van der Waals surface area contributed by atoms with Gasteiger partial charge in [0.05, 0.1) is 11.9 Å². The van der Waals surface area contributed by atoms with Gasteiger partial charge in [-0.05, 0) is 11.5 Å². The van der Waals surface area contributed by atoms with Crippen LogP contribution in [-0.2, 0) is 0 Å². The van der Waals surface area contributed by atoms with Gasteiger partial charge in [-0.1, -0.05) is 4.49 Å². The van der Waals surface area contributed by atoms with Gasteiger partial charge in [-0.15, -0.1) is 5.10 Å². The molecule has 2 rings (SSSR count). The SMILES string of the molecule is Nc1cn[nH]c1NC(=O)c1csnn1. The first-order valence-electron chi connectivity index (χ1n) is 3.64. The fourth-order valence-electron chi connectivity index (χ4n) is 0.837. The maximum atomic E-state index is 11.4. The van der Waals surface area contributed by atoms with Gasteiger partial charge in [0.1, 0.15) is 0 Å². The second-order valence-corrected chi connectivity index (χ2v) is 3.05. The Morgan fingerprint density at radius 3 is 3.07 bits per heavy atom. The molecule has 0 bridgehead atoms. The zero-order chi connectivity index (χ0) is 9.97. The molecule has 2 heterocycles. The van der Waals surface area contributed by atoms with Crippen molar-refractivity contribution in [2.45, 2.75) is 0 Å². The Balaban J connectivity index is 2.13. The van der Waals surface area contributed by atoms with Gasteiger partial charge in [0, 0.05) is 5.38 Å². The van der Waals surface area contributed by atoms with E-state index < -0.39 is 0 Å². The minimum atomic E-state index is -0.366. The molecule has 0 saturated carbocycles. The van der Waals surface area contributed by atoms with Crippen LogP contribution < -0.4 is 11.1 Å². The fraction of sp³-hybridized carbons (Fsp3) is 0. The van der Waals surface area contributed by atoms with E-state index in [1.807, 2.05) is 0 Å². The van der Waals surface area contributed by atoms with Crippen molar-refractivity contribution in [1.82, 2.24) is 19.8 Å². The molecule has 8 heteroatoms. The van der Waals surface area contributed by atoms with Crippen LogP contribution in [0.15, 0.2) is 11.6 Å². The number of rotatable bonds is 2. The van der Waals surface area contributed by atoms with Crippen LogP contribution in [-0.4, -0.2) is 25.7 Å². The van der Waals surface area contributed by atoms with E-state index in [0.29, 0.717) is 11.5 Å². The van der Waals surface area contributed by atoms with E-state index in [4.69, 9.17) is 5.73 Å². The number of carbonyl (C=O) groups is 1. The third kappa shape index (κ3) is 1.55. The molecule has 0 spiro atoms. The molecule has 2 aromatic heterocycles. The summed E-state index contributed by atoms with van der Waals surface area (Å²) in [5.41, 5.74) is 6.13. The summed E-state index contributed by atoms with van der Waals surface area (Å²) in [5, 5.41) is 13.9. The van der Waals surface area contributed by atoms with Crippen LogP contribution in [0, 0.1) is 0 Å². The van der Waals surface area contributed by atoms with Crippen LogP contribution in [0.3, 0.4) is 0 Å². The van der Waals surface area contributed by atoms with Crippen molar-refractivity contribution >= 4 is 28.9 Å². The lowest BCUT2D eigenvalue weighted by Gasteiger charge is -1.99. The molecule has 2 aromatic rings. The van der Waals surface area contributed by atoms with Crippen LogP contribution in [0.2, 0.25) is 0 Å². The van der Waals surface area contributed by atoms with Gasteiger partial charge in [0.2, 0.25) is 0 Å². The Bertz CT molecular complexity index is 435. The lowest BCUT2D eigenvalue weighted by Crippen LogP contribution is -2.13. The van der Waals surface area contributed by atoms with E-state index in [-0.39, 0.29) is 11.6 Å². The highest BCUT2D eigenvalue weighted by Crippen LogP contribution is 2.13. The van der Waals surface area contributed by atoms with Crippen LogP contribution in [0.25, 0.3) is 0 Å². The van der Waals surface area contributed by atoms with Crippen molar-refractivity contribution in [2.75, 3.05) is 11.1 Å². The summed E-state index contributed by atoms with van der Waals surface area (Å²) < 4.78 is 3.57. The predicted molar refractivity (Wildman–Crippen MR) is 50.9 cm³/mol. The van der Waals surface area contributed by atoms with E-state index in [1.165, 1.54) is 6.20 Å². The smallest absolute Gasteiger partial charge is 0.278 e. The van der Waals surface area contributed by atoms with Crippen molar-refractivity contribution in [3.8, 4) is 0 Å². The van der Waals surface area contributed by atoms with Crippen LogP contribution in [0.5, 0.6) is 0 Å². The average Bonchev–Trinajstić information content (AvgIpc) is 2.77. The summed E-state index contributed by atoms with van der Waals surface area (Å²) in [6, 6.07) is 0. The topological polar surface area (TPSA) is 110 Å². The van der Waals surface area contributed by atoms with Crippen LogP contribution >= 0.6 is 11.5 Å². The number of nitrogens with two attached hydrogens (primary N) is 1. The molecule has 0 unspecified atom stereocenters. The van der Waals surface area contributed by atoms with Gasteiger partial charge in [-0.25, -0.2) is 0 Å². The Hall–Kier alpha value is -1.96. The molecule has 7 nitrogen and oxygen atoms in total. The Labute approximate surface area is 82.5 Å². The highest BCUT2D eigenvalue weighted by molar-refractivity contribution is 7.03. The maximum absolute atomic E-state index is 11.4. The summed E-state index contributed by atoms with van der Waals surface area (Å²) in [5.74, 6) is -0.00213. The lowest BCUT2D eigenvalue weighted by atomic mass is 10.4. The van der Waals surface area contributed by atoms with Crippen molar-refractivity contribution in [3.63, 3.8) is 0 Å². The van der Waals surface area contributed by atoms with Crippen molar-refractivity contribution in [3.05, 3.63) is 17.3 Å². The number of hydrogen-bond donors (Lipinski definition) is 3. The van der Waals surface area contributed by atoms with E-state index in [1.54, 1.807) is 5.38 Å². The first kappa shape index (κ1) is 8.63. The fourth-order valence-corrected chi connectivity index (χ4v) is 1.27. The number of amides is 1. The molecule has 0 aromatic carbocycles. The summed E-state index contributed by atoms with van der Waals surface area (Å²) in [7, 11) is 0. The van der Waals surface area contributed by atoms with E-state index >= 15 is 0 Å². The monoisotopic (exact) mass is 210 g/mol. The normalized spacial score (nSPS) is 10.0. The number of nitrogen functional groups attached to an aromatic ring is 1. The highest BCUT2D eigenvalue weighted by Gasteiger charge is 2.11. The number of aromatic amines is 1. The van der Waals surface area contributed by atoms with Gasteiger partial charge in [0.25, 0.3) is 5.91 Å². The molecule has 0 aliphatic heterocycles. The molecule has 0 aliphatic carbocycles. The van der Waals surface area contributed by atoms with Crippen molar-refractivity contribution in [1.29, 1.82) is 0 Å². The second kappa shape index (κ2) is 3.42. The number of anilines is 2. The number of carbonyl (C=O) groups excluding carboxylic acids is 1. The second-order valence-electron chi connectivity index (χ2n) is 2.44. The number of H-pyrrole nitrogens is 1. The largest absolute Gasteiger partial charge is 0.394 e. The van der Waals surface area contributed by atoms with Crippen molar-refractivity contribution < 1.29 is 4.79 Å². The summed E-state index contributed by atoms with van der Waals surface area (Å²) in [6.45, 7) is 0. The molecule has 4 N–H and O–H groups in total. The molecule has 1 amide bonds. The molecule has 14 heavy (non-hydrogen) atoms. The minimum absolute atomic E-state index is 0.254. The molecule has 0 radical (unpaired) electrons. The van der Waals surface area contributed by atoms with E-state index in [0.717, 1.165) is 11.5 Å². The van der Waals surface area contributed by atoms with Gasteiger partial charge in [0.15, 0.2) is 11.5 Å². The third-order valence-corrected chi connectivity index (χ3v) is 2.00. The molecule has 0 aliphatic rings. The number of aromatic nitrogens is 4. The van der Waals surface area contributed by atoms with Gasteiger partial charge >= 0.3 is 0 Å². The Morgan fingerprint density at radius 2 is 2.50 bits per heavy atom. The molecule has 0 atom stereocenters. The zero-order valence-corrected chi connectivity index (χ0v) is 7.71. The molecule has 72 valence electrons. The Kier molecular flexibility index (Phi) is 2.11. The average molecular weight is 210 g/mol. The van der Waals surface area contributed by atoms with Gasteiger partial charge < -0.3 is 11.1 Å². The quantitative estimate of drug-likeness (QED) is 0.651. The number of hydrogen-bond acceptors (Lipinski definition) is 6. The molecule has 0 saturated heterocycles. The third-order valence-electron chi connectivity index (χ3n) is 1.50. The lowest BCUT2D eigenvalue weighted by molar-refractivity contribution is 0.102. The highest BCUT2D eigenvalue weighted by atomic mass is 32.1. The van der Waals surface area contributed by atoms with E-state index in [2.05, 4.69) is 25.1 Å². The zero-order valence-electron chi connectivity index (χ0n) is 6.89. The van der Waals surface area contributed by atoms with E-state index in [9.17, 15) is 4.79 Å². The summed E-state index contributed by atoms with van der Waals surface area (Å²) in [6.07, 6.45) is 1.41. The number of nitrogens with one attached hydrogen (secondary N) is 2. The van der Waals surface area contributed by atoms with Crippen LogP contribution in [0.4, 0.5) is 11.5 Å². The van der Waals surface area contributed by atoms with Gasteiger partial charge in [-0.2, -0.15) is 5.10 Å². The molecular weight excluding hydrogens is 204 g/mol. The van der Waals surface area contributed by atoms with Crippen molar-refractivity contribution in [2.24, 2.45) is 0 Å². The molecular formula is C6H6N6OS. The standard InChI is InChI=1S/C6H6N6OS/c7-3-1-8-11-5(3)9-6(13)4-2-14-12-10-4/h1-2H,7H2,(H2,8,9,11,13). The summed E-state index contributed by atoms with van der Waals surface area (Å²) >= 11 is 1.11. The molecule has 0 fully saturated rings. The summed E-state index contributed by atoms with van der Waals surface area (Å²) in [4.78, 5) is 11.4. The maximum Gasteiger partial charge on any atom is 0.278 e. The van der Waals surface area contributed by atoms with Gasteiger partial charge in [-0.3, -0.25) is 9.89 Å². The Morgan fingerprint density at radius 1 is 1.64 bits per heavy atom. The number of nitrogens with zero attached hydrogens (tertiary/aromatic N) is 3. The van der Waals surface area contributed by atoms with Crippen LogP contribution in [0.1, 0.15) is 10.5 Å². The predicted octanol–water partition coefficient (Wildman–Crippen LogP) is 0.0957. The first-order chi connectivity index (χ1) is 6.77. The minimum Gasteiger partial charge on any atom is -0.394 e.